The van der Waals surface area contributed by atoms with Gasteiger partial charge in [-0.1, -0.05) is 6.92 Å². The van der Waals surface area contributed by atoms with Crippen molar-refractivity contribution in [2.75, 3.05) is 26.7 Å². The van der Waals surface area contributed by atoms with Crippen LogP contribution >= 0.6 is 0 Å². The Labute approximate surface area is 103 Å². The highest BCUT2D eigenvalue weighted by Gasteiger charge is 2.08. The molecule has 0 saturated heterocycles. The number of aromatic nitrogens is 1. The van der Waals surface area contributed by atoms with E-state index in [-0.39, 0.29) is 6.04 Å². The van der Waals surface area contributed by atoms with Gasteiger partial charge in [0.1, 0.15) is 6.04 Å². The monoisotopic (exact) mass is 232 g/mol. The van der Waals surface area contributed by atoms with E-state index in [0.29, 0.717) is 0 Å². The second-order valence-electron chi connectivity index (χ2n) is 4.11. The fourth-order valence-corrected chi connectivity index (χ4v) is 1.67. The minimum absolute atomic E-state index is 0.0811. The van der Waals surface area contributed by atoms with Gasteiger partial charge in [-0.15, -0.1) is 0 Å². The van der Waals surface area contributed by atoms with Crippen LogP contribution in [-0.4, -0.2) is 42.6 Å². The normalized spacial score (nSPS) is 12.4. The van der Waals surface area contributed by atoms with Crippen molar-refractivity contribution in [3.8, 4) is 6.07 Å². The van der Waals surface area contributed by atoms with E-state index in [4.69, 9.17) is 5.26 Å². The first-order valence-electron chi connectivity index (χ1n) is 5.96. The highest BCUT2D eigenvalue weighted by Crippen LogP contribution is 1.99. The molecule has 0 aromatic carbocycles. The molecule has 1 heterocycles. The number of pyridine rings is 1. The third-order valence-electron chi connectivity index (χ3n) is 2.63. The second-order valence-corrected chi connectivity index (χ2v) is 4.11. The van der Waals surface area contributed by atoms with Gasteiger partial charge in [-0.25, -0.2) is 0 Å². The molecule has 4 heteroatoms. The zero-order chi connectivity index (χ0) is 12.5. The van der Waals surface area contributed by atoms with Crippen molar-refractivity contribution in [1.29, 1.82) is 5.26 Å². The van der Waals surface area contributed by atoms with E-state index in [0.717, 1.165) is 26.1 Å². The Balaban J connectivity index is 2.30. The lowest BCUT2D eigenvalue weighted by molar-refractivity contribution is 0.315. The van der Waals surface area contributed by atoms with Crippen LogP contribution in [0.2, 0.25) is 0 Å². The van der Waals surface area contributed by atoms with E-state index in [1.165, 1.54) is 5.56 Å². The zero-order valence-corrected chi connectivity index (χ0v) is 10.6. The van der Waals surface area contributed by atoms with E-state index in [1.54, 1.807) is 0 Å². The predicted molar refractivity (Wildman–Crippen MR) is 68.5 cm³/mol. The number of nitriles is 1. The molecule has 1 rings (SSSR count). The average molecular weight is 232 g/mol. The third kappa shape index (κ3) is 5.43. The van der Waals surface area contributed by atoms with Crippen LogP contribution in [-0.2, 0) is 6.42 Å². The minimum Gasteiger partial charge on any atom is -0.303 e. The van der Waals surface area contributed by atoms with E-state index in [2.05, 4.69) is 21.3 Å². The highest BCUT2D eigenvalue weighted by molar-refractivity contribution is 5.09. The first-order valence-corrected chi connectivity index (χ1v) is 5.96. The second kappa shape index (κ2) is 7.77. The summed E-state index contributed by atoms with van der Waals surface area (Å²) in [4.78, 5) is 6.17. The van der Waals surface area contributed by atoms with Gasteiger partial charge in [0.05, 0.1) is 6.07 Å². The Hall–Kier alpha value is -1.44. The fourth-order valence-electron chi connectivity index (χ4n) is 1.67. The van der Waals surface area contributed by atoms with Gasteiger partial charge in [-0.3, -0.25) is 4.98 Å². The van der Waals surface area contributed by atoms with E-state index in [9.17, 15) is 0 Å². The molecular weight excluding hydrogens is 212 g/mol. The molecule has 17 heavy (non-hydrogen) atoms. The molecule has 0 aliphatic carbocycles. The Morgan fingerprint density at radius 3 is 2.76 bits per heavy atom. The summed E-state index contributed by atoms with van der Waals surface area (Å²) >= 11 is 0. The first-order chi connectivity index (χ1) is 8.26. The van der Waals surface area contributed by atoms with Crippen molar-refractivity contribution in [2.45, 2.75) is 19.4 Å². The average Bonchev–Trinajstić information content (AvgIpc) is 2.37. The van der Waals surface area contributed by atoms with Crippen LogP contribution < -0.4 is 5.32 Å². The lowest BCUT2D eigenvalue weighted by Gasteiger charge is -2.20. The SMILES string of the molecule is CCNC(C#N)CN(C)CCc1ccncc1. The minimum atomic E-state index is -0.0811. The van der Waals surface area contributed by atoms with Gasteiger partial charge in [-0.2, -0.15) is 5.26 Å². The third-order valence-corrected chi connectivity index (χ3v) is 2.63. The lowest BCUT2D eigenvalue weighted by Crippen LogP contribution is -2.39. The van der Waals surface area contributed by atoms with Crippen molar-refractivity contribution in [1.82, 2.24) is 15.2 Å². The van der Waals surface area contributed by atoms with Crippen molar-refractivity contribution < 1.29 is 0 Å². The van der Waals surface area contributed by atoms with Crippen molar-refractivity contribution in [2.24, 2.45) is 0 Å². The van der Waals surface area contributed by atoms with Crippen LogP contribution in [0.15, 0.2) is 24.5 Å². The van der Waals surface area contributed by atoms with Gasteiger partial charge in [-0.05, 0) is 37.7 Å². The molecule has 1 aromatic rings. The van der Waals surface area contributed by atoms with Gasteiger partial charge < -0.3 is 10.2 Å². The molecule has 4 nitrogen and oxygen atoms in total. The topological polar surface area (TPSA) is 52.0 Å². The van der Waals surface area contributed by atoms with Gasteiger partial charge in [0.2, 0.25) is 0 Å². The van der Waals surface area contributed by atoms with Crippen molar-refractivity contribution in [3.05, 3.63) is 30.1 Å². The molecule has 1 N–H and O–H groups in total. The van der Waals surface area contributed by atoms with Crippen molar-refractivity contribution in [3.63, 3.8) is 0 Å². The highest BCUT2D eigenvalue weighted by atomic mass is 15.1. The van der Waals surface area contributed by atoms with E-state index in [1.807, 2.05) is 38.5 Å². The van der Waals surface area contributed by atoms with Crippen LogP contribution in [0.3, 0.4) is 0 Å². The number of hydrogen-bond acceptors (Lipinski definition) is 4. The summed E-state index contributed by atoms with van der Waals surface area (Å²) in [5.74, 6) is 0. The van der Waals surface area contributed by atoms with E-state index >= 15 is 0 Å². The molecule has 0 spiro atoms. The summed E-state index contributed by atoms with van der Waals surface area (Å²) < 4.78 is 0. The molecule has 0 aliphatic rings. The lowest BCUT2D eigenvalue weighted by atomic mass is 10.2. The van der Waals surface area contributed by atoms with Gasteiger partial charge >= 0.3 is 0 Å². The smallest absolute Gasteiger partial charge is 0.108 e. The fraction of sp³-hybridized carbons (Fsp3) is 0.538. The maximum atomic E-state index is 8.94. The Kier molecular flexibility index (Phi) is 6.23. The molecule has 1 unspecified atom stereocenters. The molecule has 0 amide bonds. The predicted octanol–water partition coefficient (Wildman–Crippen LogP) is 1.06. The molecule has 0 radical (unpaired) electrons. The molecule has 92 valence electrons. The first kappa shape index (κ1) is 13.6. The molecular formula is C13H20N4. The molecule has 1 atom stereocenters. The van der Waals surface area contributed by atoms with Crippen LogP contribution in [0.25, 0.3) is 0 Å². The van der Waals surface area contributed by atoms with Crippen LogP contribution in [0.5, 0.6) is 0 Å². The maximum Gasteiger partial charge on any atom is 0.108 e. The maximum absolute atomic E-state index is 8.94. The standard InChI is InChI=1S/C13H20N4/c1-3-16-13(10-14)11-17(2)9-6-12-4-7-15-8-5-12/h4-5,7-8,13,16H,3,6,9,11H2,1-2H3. The molecule has 0 fully saturated rings. The summed E-state index contributed by atoms with van der Waals surface area (Å²) in [5, 5.41) is 12.1. The number of rotatable bonds is 7. The molecule has 1 aromatic heterocycles. The van der Waals surface area contributed by atoms with Crippen LogP contribution in [0, 0.1) is 11.3 Å². The summed E-state index contributed by atoms with van der Waals surface area (Å²) in [7, 11) is 2.04. The van der Waals surface area contributed by atoms with Gasteiger partial charge in [0, 0.05) is 25.5 Å². The van der Waals surface area contributed by atoms with E-state index < -0.39 is 0 Å². The molecule has 0 bridgehead atoms. The van der Waals surface area contributed by atoms with Crippen LogP contribution in [0.4, 0.5) is 0 Å². The zero-order valence-electron chi connectivity index (χ0n) is 10.6. The Bertz CT molecular complexity index is 344. The number of likely N-dealkylation sites (N-methyl/N-ethyl adjacent to an activating group) is 2. The van der Waals surface area contributed by atoms with Gasteiger partial charge in [0.25, 0.3) is 0 Å². The van der Waals surface area contributed by atoms with Crippen LogP contribution in [0.1, 0.15) is 12.5 Å². The molecule has 0 aliphatic heterocycles. The number of nitrogens with zero attached hydrogens (tertiary/aromatic N) is 3. The Morgan fingerprint density at radius 1 is 1.47 bits per heavy atom. The number of nitrogens with one attached hydrogen (secondary N) is 1. The van der Waals surface area contributed by atoms with Crippen molar-refractivity contribution >= 4 is 0 Å². The summed E-state index contributed by atoms with van der Waals surface area (Å²) in [6.45, 7) is 4.56. The quantitative estimate of drug-likeness (QED) is 0.763. The Morgan fingerprint density at radius 2 is 2.18 bits per heavy atom. The largest absolute Gasteiger partial charge is 0.303 e. The molecule has 0 saturated carbocycles. The summed E-state index contributed by atoms with van der Waals surface area (Å²) in [6.07, 6.45) is 4.61. The number of hydrogen-bond donors (Lipinski definition) is 1. The summed E-state index contributed by atoms with van der Waals surface area (Å²) in [5.41, 5.74) is 1.28. The summed E-state index contributed by atoms with van der Waals surface area (Å²) in [6, 6.07) is 6.24. The van der Waals surface area contributed by atoms with Gasteiger partial charge in [0.15, 0.2) is 0 Å².